The Kier molecular flexibility index (Phi) is 4.45. The number of benzene rings is 2. The zero-order valence-electron chi connectivity index (χ0n) is 11.8. The molecule has 0 heterocycles. The first-order chi connectivity index (χ1) is 10.1. The summed E-state index contributed by atoms with van der Waals surface area (Å²) in [5, 5.41) is 0. The maximum Gasteiger partial charge on any atom is 0.245 e. The maximum atomic E-state index is 11.8. The first kappa shape index (κ1) is 14.9. The molecule has 2 aromatic rings. The number of methoxy groups -OCH3 is 1. The molecule has 0 fully saturated rings. The molecule has 1 unspecified atom stereocenters. The summed E-state index contributed by atoms with van der Waals surface area (Å²) in [6.45, 7) is -0.0767. The van der Waals surface area contributed by atoms with Crippen LogP contribution in [0.1, 0.15) is 5.56 Å². The van der Waals surface area contributed by atoms with Gasteiger partial charge in [-0.3, -0.25) is 4.79 Å². The molecule has 0 radical (unpaired) electrons. The summed E-state index contributed by atoms with van der Waals surface area (Å²) in [6.07, 6.45) is 0. The van der Waals surface area contributed by atoms with Crippen molar-refractivity contribution in [3.63, 3.8) is 0 Å². The number of carbonyl (C=O) groups is 1. The lowest BCUT2D eigenvalue weighted by Gasteiger charge is -2.26. The molecule has 0 aromatic heterocycles. The molecule has 2 rings (SSSR count). The van der Waals surface area contributed by atoms with E-state index in [0.29, 0.717) is 17.1 Å². The average molecular weight is 286 g/mol. The van der Waals surface area contributed by atoms with E-state index in [4.69, 9.17) is 20.9 Å². The van der Waals surface area contributed by atoms with Crippen LogP contribution >= 0.6 is 0 Å². The van der Waals surface area contributed by atoms with E-state index in [2.05, 4.69) is 0 Å². The SMILES string of the molecule is COc1ccccc1OCC(N)(C(N)=O)c1ccccc1. The van der Waals surface area contributed by atoms with Crippen molar-refractivity contribution in [3.05, 3.63) is 60.2 Å². The van der Waals surface area contributed by atoms with Crippen LogP contribution in [-0.2, 0) is 10.3 Å². The summed E-state index contributed by atoms with van der Waals surface area (Å²) < 4.78 is 10.9. The van der Waals surface area contributed by atoms with Gasteiger partial charge in [0.25, 0.3) is 0 Å². The van der Waals surface area contributed by atoms with Crippen LogP contribution in [0.5, 0.6) is 11.5 Å². The highest BCUT2D eigenvalue weighted by molar-refractivity contribution is 5.86. The fourth-order valence-corrected chi connectivity index (χ4v) is 1.96. The Morgan fingerprint density at radius 3 is 2.19 bits per heavy atom. The molecule has 1 amide bonds. The molecule has 0 saturated carbocycles. The largest absolute Gasteiger partial charge is 0.493 e. The van der Waals surface area contributed by atoms with Crippen molar-refractivity contribution in [1.29, 1.82) is 0 Å². The van der Waals surface area contributed by atoms with Crippen molar-refractivity contribution in [2.45, 2.75) is 5.54 Å². The number of primary amides is 1. The van der Waals surface area contributed by atoms with Crippen LogP contribution in [0.4, 0.5) is 0 Å². The first-order valence-electron chi connectivity index (χ1n) is 6.48. The van der Waals surface area contributed by atoms with Crippen LogP contribution < -0.4 is 20.9 Å². The van der Waals surface area contributed by atoms with E-state index in [1.54, 1.807) is 43.5 Å². The molecule has 0 spiro atoms. The highest BCUT2D eigenvalue weighted by atomic mass is 16.5. The predicted octanol–water partition coefficient (Wildman–Crippen LogP) is 1.41. The van der Waals surface area contributed by atoms with Crippen LogP contribution in [0.2, 0.25) is 0 Å². The summed E-state index contributed by atoms with van der Waals surface area (Å²) in [5.74, 6) is 0.424. The van der Waals surface area contributed by atoms with Gasteiger partial charge in [-0.25, -0.2) is 0 Å². The summed E-state index contributed by atoms with van der Waals surface area (Å²) in [7, 11) is 1.54. The highest BCUT2D eigenvalue weighted by Crippen LogP contribution is 2.28. The van der Waals surface area contributed by atoms with Crippen molar-refractivity contribution in [3.8, 4) is 11.5 Å². The van der Waals surface area contributed by atoms with Gasteiger partial charge in [-0.05, 0) is 17.7 Å². The molecule has 0 aliphatic rings. The van der Waals surface area contributed by atoms with Gasteiger partial charge in [0, 0.05) is 0 Å². The third-order valence-electron chi connectivity index (χ3n) is 3.25. The second-order valence-electron chi connectivity index (χ2n) is 4.64. The second kappa shape index (κ2) is 6.28. The molecule has 5 heteroatoms. The minimum Gasteiger partial charge on any atom is -0.493 e. The van der Waals surface area contributed by atoms with Crippen LogP contribution in [0.3, 0.4) is 0 Å². The molecule has 0 bridgehead atoms. The lowest BCUT2D eigenvalue weighted by atomic mass is 9.91. The molecule has 0 saturated heterocycles. The van der Waals surface area contributed by atoms with Gasteiger partial charge in [0.2, 0.25) is 5.91 Å². The molecule has 5 nitrogen and oxygen atoms in total. The van der Waals surface area contributed by atoms with Gasteiger partial charge in [0.15, 0.2) is 17.0 Å². The smallest absolute Gasteiger partial charge is 0.245 e. The van der Waals surface area contributed by atoms with Crippen LogP contribution in [-0.4, -0.2) is 19.6 Å². The Labute approximate surface area is 123 Å². The molecule has 1 atom stereocenters. The molecular weight excluding hydrogens is 268 g/mol. The summed E-state index contributed by atoms with van der Waals surface area (Å²) >= 11 is 0. The fraction of sp³-hybridized carbons (Fsp3) is 0.188. The van der Waals surface area contributed by atoms with Crippen LogP contribution in [0.25, 0.3) is 0 Å². The Morgan fingerprint density at radius 1 is 1.05 bits per heavy atom. The van der Waals surface area contributed by atoms with Crippen LogP contribution in [0.15, 0.2) is 54.6 Å². The van der Waals surface area contributed by atoms with Gasteiger partial charge < -0.3 is 20.9 Å². The van der Waals surface area contributed by atoms with Crippen molar-refractivity contribution in [2.24, 2.45) is 11.5 Å². The summed E-state index contributed by atoms with van der Waals surface area (Å²) in [5.41, 5.74) is 10.8. The van der Waals surface area contributed by atoms with E-state index in [1.165, 1.54) is 0 Å². The molecule has 21 heavy (non-hydrogen) atoms. The lowest BCUT2D eigenvalue weighted by molar-refractivity contribution is -0.124. The van der Waals surface area contributed by atoms with Gasteiger partial charge in [0.1, 0.15) is 6.61 Å². The van der Waals surface area contributed by atoms with E-state index in [0.717, 1.165) is 0 Å². The predicted molar refractivity (Wildman–Crippen MR) is 80.0 cm³/mol. The number of hydrogen-bond acceptors (Lipinski definition) is 4. The minimum atomic E-state index is -1.40. The van der Waals surface area contributed by atoms with Crippen LogP contribution in [0, 0.1) is 0 Å². The number of rotatable bonds is 6. The highest BCUT2D eigenvalue weighted by Gasteiger charge is 2.35. The second-order valence-corrected chi connectivity index (χ2v) is 4.64. The number of amides is 1. The van der Waals surface area contributed by atoms with Crippen molar-refractivity contribution in [1.82, 2.24) is 0 Å². The molecular formula is C16H18N2O3. The van der Waals surface area contributed by atoms with E-state index in [1.807, 2.05) is 18.2 Å². The van der Waals surface area contributed by atoms with Crippen molar-refractivity contribution >= 4 is 5.91 Å². The fourth-order valence-electron chi connectivity index (χ4n) is 1.96. The monoisotopic (exact) mass is 286 g/mol. The Morgan fingerprint density at radius 2 is 1.62 bits per heavy atom. The number of para-hydroxylation sites is 2. The summed E-state index contributed by atoms with van der Waals surface area (Å²) in [4.78, 5) is 11.8. The number of carbonyl (C=O) groups excluding carboxylic acids is 1. The van der Waals surface area contributed by atoms with E-state index in [-0.39, 0.29) is 6.61 Å². The Bertz CT molecular complexity index is 616. The van der Waals surface area contributed by atoms with Gasteiger partial charge in [-0.1, -0.05) is 42.5 Å². The normalized spacial score (nSPS) is 13.2. The van der Waals surface area contributed by atoms with E-state index < -0.39 is 11.4 Å². The van der Waals surface area contributed by atoms with Crippen molar-refractivity contribution in [2.75, 3.05) is 13.7 Å². The number of ether oxygens (including phenoxy) is 2. The zero-order valence-corrected chi connectivity index (χ0v) is 11.8. The molecule has 0 aliphatic carbocycles. The quantitative estimate of drug-likeness (QED) is 0.840. The first-order valence-corrected chi connectivity index (χ1v) is 6.48. The molecule has 4 N–H and O–H groups in total. The Hall–Kier alpha value is -2.53. The third kappa shape index (κ3) is 3.14. The molecule has 110 valence electrons. The zero-order chi connectivity index (χ0) is 15.3. The standard InChI is InChI=1S/C16H18N2O3/c1-20-13-9-5-6-10-14(13)21-11-16(18,15(17)19)12-7-3-2-4-8-12/h2-10H,11,18H2,1H3,(H2,17,19). The maximum absolute atomic E-state index is 11.8. The van der Waals surface area contributed by atoms with Gasteiger partial charge in [-0.2, -0.15) is 0 Å². The average Bonchev–Trinajstić information content (AvgIpc) is 2.53. The number of hydrogen-bond donors (Lipinski definition) is 2. The van der Waals surface area contributed by atoms with Gasteiger partial charge in [0.05, 0.1) is 7.11 Å². The Balaban J connectivity index is 2.24. The minimum absolute atomic E-state index is 0.0767. The summed E-state index contributed by atoms with van der Waals surface area (Å²) in [6, 6.07) is 16.1. The van der Waals surface area contributed by atoms with Crippen molar-refractivity contribution < 1.29 is 14.3 Å². The molecule has 2 aromatic carbocycles. The topological polar surface area (TPSA) is 87.6 Å². The van der Waals surface area contributed by atoms with E-state index >= 15 is 0 Å². The van der Waals surface area contributed by atoms with Gasteiger partial charge >= 0.3 is 0 Å². The third-order valence-corrected chi connectivity index (χ3v) is 3.25. The number of nitrogens with two attached hydrogens (primary N) is 2. The lowest BCUT2D eigenvalue weighted by Crippen LogP contribution is -2.53. The van der Waals surface area contributed by atoms with Gasteiger partial charge in [-0.15, -0.1) is 0 Å². The molecule has 0 aliphatic heterocycles. The van der Waals surface area contributed by atoms with E-state index in [9.17, 15) is 4.79 Å².